The topological polar surface area (TPSA) is 86.3 Å². The van der Waals surface area contributed by atoms with E-state index in [9.17, 15) is 9.59 Å². The molecule has 8 heteroatoms. The number of benzene rings is 1. The quantitative estimate of drug-likeness (QED) is 0.713. The molecule has 1 fully saturated rings. The van der Waals surface area contributed by atoms with Gasteiger partial charge in [-0.15, -0.1) is 0 Å². The summed E-state index contributed by atoms with van der Waals surface area (Å²) in [5.41, 5.74) is 1.72. The van der Waals surface area contributed by atoms with Gasteiger partial charge in [-0.05, 0) is 63.8 Å². The molecule has 0 saturated carbocycles. The van der Waals surface area contributed by atoms with E-state index in [0.29, 0.717) is 31.1 Å². The number of carbonyl (C=O) groups is 2. The summed E-state index contributed by atoms with van der Waals surface area (Å²) >= 11 is 0. The summed E-state index contributed by atoms with van der Waals surface area (Å²) in [6.45, 7) is 8.87. The molecule has 1 N–H and O–H groups in total. The first-order valence-electron chi connectivity index (χ1n) is 10.8. The normalized spacial score (nSPS) is 23.2. The molecule has 3 atom stereocenters. The van der Waals surface area contributed by atoms with Crippen LogP contribution in [0.4, 0.5) is 4.79 Å². The molecule has 1 aromatic carbocycles. The maximum absolute atomic E-state index is 12.7. The number of carbonyl (C=O) groups excluding carboxylic acids is 2. The monoisotopic (exact) mass is 434 g/mol. The number of nitrogens with zero attached hydrogens (tertiary/aromatic N) is 1. The third-order valence-electron chi connectivity index (χ3n) is 5.80. The molecule has 3 rings (SSSR count). The van der Waals surface area contributed by atoms with E-state index in [-0.39, 0.29) is 12.0 Å². The van der Waals surface area contributed by atoms with Crippen LogP contribution in [0.1, 0.15) is 51.3 Å². The lowest BCUT2D eigenvalue weighted by atomic mass is 9.80. The molecule has 1 aromatic rings. The summed E-state index contributed by atoms with van der Waals surface area (Å²) in [4.78, 5) is 27.5. The van der Waals surface area contributed by atoms with Crippen LogP contribution in [0.15, 0.2) is 12.1 Å². The molecular weight excluding hydrogens is 400 g/mol. The summed E-state index contributed by atoms with van der Waals surface area (Å²) in [5, 5.41) is 2.94. The smallest absolute Gasteiger partial charge is 0.407 e. The van der Waals surface area contributed by atoms with Gasteiger partial charge in [0, 0.05) is 25.2 Å². The van der Waals surface area contributed by atoms with Gasteiger partial charge in [-0.1, -0.05) is 0 Å². The van der Waals surface area contributed by atoms with Crippen LogP contribution in [-0.2, 0) is 20.7 Å². The Kier molecular flexibility index (Phi) is 6.99. The second-order valence-electron chi connectivity index (χ2n) is 9.01. The molecule has 2 heterocycles. The molecule has 8 nitrogen and oxygen atoms in total. The largest absolute Gasteiger partial charge is 0.493 e. The first-order chi connectivity index (χ1) is 14.7. The lowest BCUT2D eigenvalue weighted by molar-refractivity contribution is -0.152. The zero-order valence-electron chi connectivity index (χ0n) is 19.3. The van der Waals surface area contributed by atoms with Crippen LogP contribution >= 0.6 is 0 Å². The maximum Gasteiger partial charge on any atom is 0.407 e. The van der Waals surface area contributed by atoms with Crippen LogP contribution in [0.3, 0.4) is 0 Å². The summed E-state index contributed by atoms with van der Waals surface area (Å²) in [7, 11) is 3.25. The van der Waals surface area contributed by atoms with Crippen molar-refractivity contribution in [1.29, 1.82) is 0 Å². The van der Waals surface area contributed by atoms with Crippen LogP contribution in [0.25, 0.3) is 0 Å². The molecule has 1 amide bonds. The standard InChI is InChI=1S/C23H34N2O6/c1-7-30-21(26)16-13-25-9-8-14-10-19(28-5)20(29-6)11-15(14)18(25)12-17(16)24-22(27)31-23(2,3)4/h10-11,16-18H,7-9,12-13H2,1-6H3,(H,24,27). The number of fused-ring (bicyclic) bond motifs is 3. The van der Waals surface area contributed by atoms with Gasteiger partial charge in [0.1, 0.15) is 5.60 Å². The maximum atomic E-state index is 12.7. The molecule has 0 bridgehead atoms. The SMILES string of the molecule is CCOC(=O)C1CN2CCc3cc(OC)c(OC)cc3C2CC1NC(=O)OC(C)(C)C. The number of rotatable bonds is 5. The van der Waals surface area contributed by atoms with Crippen molar-refractivity contribution in [2.24, 2.45) is 5.92 Å². The summed E-state index contributed by atoms with van der Waals surface area (Å²) in [6.07, 6.45) is 0.903. The van der Waals surface area contributed by atoms with E-state index in [1.165, 1.54) is 5.56 Å². The highest BCUT2D eigenvalue weighted by atomic mass is 16.6. The predicted octanol–water partition coefficient (Wildman–Crippen LogP) is 3.08. The van der Waals surface area contributed by atoms with E-state index < -0.39 is 23.7 Å². The van der Waals surface area contributed by atoms with Gasteiger partial charge in [0.25, 0.3) is 0 Å². The molecular formula is C23H34N2O6. The highest BCUT2D eigenvalue weighted by molar-refractivity contribution is 5.76. The van der Waals surface area contributed by atoms with Crippen molar-refractivity contribution in [2.45, 2.75) is 58.2 Å². The van der Waals surface area contributed by atoms with E-state index in [4.69, 9.17) is 18.9 Å². The van der Waals surface area contributed by atoms with E-state index in [0.717, 1.165) is 18.5 Å². The molecule has 0 aromatic heterocycles. The Morgan fingerprint density at radius 2 is 1.84 bits per heavy atom. The number of alkyl carbamates (subject to hydrolysis) is 1. The zero-order valence-corrected chi connectivity index (χ0v) is 19.3. The van der Waals surface area contributed by atoms with Gasteiger partial charge in [0.15, 0.2) is 11.5 Å². The zero-order chi connectivity index (χ0) is 22.8. The van der Waals surface area contributed by atoms with E-state index in [2.05, 4.69) is 10.2 Å². The Hall–Kier alpha value is -2.48. The van der Waals surface area contributed by atoms with Crippen molar-refractivity contribution in [1.82, 2.24) is 10.2 Å². The van der Waals surface area contributed by atoms with Crippen molar-refractivity contribution in [2.75, 3.05) is 33.9 Å². The summed E-state index contributed by atoms with van der Waals surface area (Å²) in [5.74, 6) is 0.635. The average Bonchev–Trinajstić information content (AvgIpc) is 2.70. The molecule has 172 valence electrons. The number of piperidine rings is 1. The highest BCUT2D eigenvalue weighted by Gasteiger charge is 2.44. The molecule has 2 aliphatic heterocycles. The minimum atomic E-state index is -0.619. The molecule has 0 radical (unpaired) electrons. The van der Waals surface area contributed by atoms with Crippen LogP contribution in [-0.4, -0.2) is 62.5 Å². The molecule has 0 spiro atoms. The lowest BCUT2D eigenvalue weighted by Crippen LogP contribution is -2.56. The Bertz CT molecular complexity index is 819. The number of ether oxygens (including phenoxy) is 4. The number of hydrogen-bond acceptors (Lipinski definition) is 7. The fourth-order valence-electron chi connectivity index (χ4n) is 4.47. The van der Waals surface area contributed by atoms with Crippen molar-refractivity contribution < 1.29 is 28.5 Å². The van der Waals surface area contributed by atoms with E-state index >= 15 is 0 Å². The Morgan fingerprint density at radius 3 is 2.45 bits per heavy atom. The van der Waals surface area contributed by atoms with Crippen LogP contribution < -0.4 is 14.8 Å². The van der Waals surface area contributed by atoms with Gasteiger partial charge in [-0.25, -0.2) is 4.79 Å². The van der Waals surface area contributed by atoms with Crippen molar-refractivity contribution in [3.8, 4) is 11.5 Å². The Morgan fingerprint density at radius 1 is 1.16 bits per heavy atom. The fourth-order valence-corrected chi connectivity index (χ4v) is 4.47. The van der Waals surface area contributed by atoms with E-state index in [1.807, 2.05) is 32.9 Å². The second-order valence-corrected chi connectivity index (χ2v) is 9.01. The van der Waals surface area contributed by atoms with Gasteiger partial charge < -0.3 is 24.3 Å². The van der Waals surface area contributed by atoms with Crippen molar-refractivity contribution in [3.63, 3.8) is 0 Å². The number of methoxy groups -OCH3 is 2. The lowest BCUT2D eigenvalue weighted by Gasteiger charge is -2.46. The number of amides is 1. The minimum absolute atomic E-state index is 0.0502. The Balaban J connectivity index is 1.89. The van der Waals surface area contributed by atoms with E-state index in [1.54, 1.807) is 21.1 Å². The molecule has 31 heavy (non-hydrogen) atoms. The number of nitrogens with one attached hydrogen (secondary N) is 1. The third-order valence-corrected chi connectivity index (χ3v) is 5.80. The van der Waals surface area contributed by atoms with Gasteiger partial charge in [-0.3, -0.25) is 9.69 Å². The predicted molar refractivity (Wildman–Crippen MR) is 115 cm³/mol. The van der Waals surface area contributed by atoms with Gasteiger partial charge in [-0.2, -0.15) is 0 Å². The third kappa shape index (κ3) is 5.23. The Labute approximate surface area is 184 Å². The summed E-state index contributed by atoms with van der Waals surface area (Å²) < 4.78 is 21.7. The van der Waals surface area contributed by atoms with Gasteiger partial charge in [0.05, 0.1) is 26.7 Å². The molecule has 0 aliphatic carbocycles. The van der Waals surface area contributed by atoms with Gasteiger partial charge >= 0.3 is 12.1 Å². The molecule has 2 aliphatic rings. The summed E-state index contributed by atoms with van der Waals surface area (Å²) in [6, 6.07) is 3.70. The number of esters is 1. The fraction of sp³-hybridized carbons (Fsp3) is 0.652. The molecule has 1 saturated heterocycles. The second kappa shape index (κ2) is 9.34. The first kappa shape index (κ1) is 23.2. The van der Waals surface area contributed by atoms with Crippen LogP contribution in [0, 0.1) is 5.92 Å². The number of hydrogen-bond donors (Lipinski definition) is 1. The van der Waals surface area contributed by atoms with Crippen molar-refractivity contribution in [3.05, 3.63) is 23.3 Å². The highest BCUT2D eigenvalue weighted by Crippen LogP contribution is 2.43. The minimum Gasteiger partial charge on any atom is -0.493 e. The first-order valence-corrected chi connectivity index (χ1v) is 10.8. The van der Waals surface area contributed by atoms with Crippen LogP contribution in [0.2, 0.25) is 0 Å². The molecule has 3 unspecified atom stereocenters. The van der Waals surface area contributed by atoms with Crippen molar-refractivity contribution >= 4 is 12.1 Å². The van der Waals surface area contributed by atoms with Gasteiger partial charge in [0.2, 0.25) is 0 Å². The average molecular weight is 435 g/mol. The van der Waals surface area contributed by atoms with Crippen LogP contribution in [0.5, 0.6) is 11.5 Å².